The quantitative estimate of drug-likeness (QED) is 0.197. The fourth-order valence-electron chi connectivity index (χ4n) is 3.76. The van der Waals surface area contributed by atoms with Gasteiger partial charge in [-0.2, -0.15) is 5.10 Å². The minimum atomic E-state index is -4.76. The smallest absolute Gasteiger partial charge is 0.406 e. The van der Waals surface area contributed by atoms with Crippen LogP contribution in [-0.4, -0.2) is 41.6 Å². The van der Waals surface area contributed by atoms with Crippen LogP contribution >= 0.6 is 23.4 Å². The number of amides is 1. The molecule has 206 valence electrons. The van der Waals surface area contributed by atoms with Crippen LogP contribution in [0, 0.1) is 13.8 Å². The summed E-state index contributed by atoms with van der Waals surface area (Å²) in [6, 6.07) is 15.7. The summed E-state index contributed by atoms with van der Waals surface area (Å²) in [6.45, 7) is 3.78. The molecule has 0 bridgehead atoms. The first-order chi connectivity index (χ1) is 19.0. The third-order valence-electron chi connectivity index (χ3n) is 5.48. The molecule has 3 aromatic carbocycles. The number of alkyl halides is 3. The summed E-state index contributed by atoms with van der Waals surface area (Å²) in [6.07, 6.45) is -2.00. The Kier molecular flexibility index (Phi) is 8.90. The molecule has 0 atom stereocenters. The number of nitrogens with two attached hydrogens (primary N) is 1. The summed E-state index contributed by atoms with van der Waals surface area (Å²) in [5.74, 6) is 0.0333. The van der Waals surface area contributed by atoms with Gasteiger partial charge in [-0.1, -0.05) is 47.6 Å². The lowest BCUT2D eigenvalue weighted by atomic mass is 10.1. The lowest BCUT2D eigenvalue weighted by Gasteiger charge is -2.20. The minimum absolute atomic E-state index is 0.0809. The van der Waals surface area contributed by atoms with Gasteiger partial charge in [-0.25, -0.2) is 9.98 Å². The number of hydrogen-bond acceptors (Lipinski definition) is 6. The summed E-state index contributed by atoms with van der Waals surface area (Å²) in [7, 11) is 0. The molecule has 1 aliphatic rings. The van der Waals surface area contributed by atoms with Crippen LogP contribution in [-0.2, 0) is 4.79 Å². The molecule has 1 fully saturated rings. The molecule has 1 aliphatic heterocycles. The highest BCUT2D eigenvalue weighted by Crippen LogP contribution is 2.34. The molecular weight excluding hydrogens is 565 g/mol. The third-order valence-corrected chi connectivity index (χ3v) is 6.61. The van der Waals surface area contributed by atoms with Crippen molar-refractivity contribution in [2.24, 2.45) is 25.9 Å². The molecule has 8 nitrogen and oxygen atoms in total. The SMILES string of the molecule is Cc1cc(Cl)cc(C)c1N1C(=O)CS/C1=N\N=C\c1ccc(C(N)=NC=Nc2ccc(OC(F)(F)F)cc2)cc1. The fourth-order valence-corrected chi connectivity index (χ4v) is 4.90. The molecule has 0 radical (unpaired) electrons. The summed E-state index contributed by atoms with van der Waals surface area (Å²) < 4.78 is 40.6. The highest BCUT2D eigenvalue weighted by molar-refractivity contribution is 8.15. The average molecular weight is 587 g/mol. The lowest BCUT2D eigenvalue weighted by molar-refractivity contribution is -0.274. The molecule has 4 rings (SSSR count). The predicted octanol–water partition coefficient (Wildman–Crippen LogP) is 6.39. The van der Waals surface area contributed by atoms with Crippen LogP contribution in [0.4, 0.5) is 24.5 Å². The number of nitrogens with zero attached hydrogens (tertiary/aromatic N) is 5. The Labute approximate surface area is 237 Å². The molecule has 1 heterocycles. The van der Waals surface area contributed by atoms with E-state index in [1.54, 1.807) is 47.5 Å². The van der Waals surface area contributed by atoms with Crippen LogP contribution in [0.2, 0.25) is 5.02 Å². The Morgan fingerprint density at radius 1 is 1.07 bits per heavy atom. The Morgan fingerprint density at radius 3 is 2.35 bits per heavy atom. The second-order valence-corrected chi connectivity index (χ2v) is 9.83. The van der Waals surface area contributed by atoms with E-state index in [0.29, 0.717) is 21.4 Å². The molecule has 1 saturated heterocycles. The van der Waals surface area contributed by atoms with Gasteiger partial charge >= 0.3 is 6.36 Å². The summed E-state index contributed by atoms with van der Waals surface area (Å²) >= 11 is 7.45. The van der Waals surface area contributed by atoms with Crippen LogP contribution in [0.1, 0.15) is 22.3 Å². The molecule has 40 heavy (non-hydrogen) atoms. The van der Waals surface area contributed by atoms with Crippen molar-refractivity contribution in [2.75, 3.05) is 10.7 Å². The first-order valence-electron chi connectivity index (χ1n) is 11.7. The van der Waals surface area contributed by atoms with Crippen molar-refractivity contribution in [2.45, 2.75) is 20.2 Å². The number of aryl methyl sites for hydroxylation is 2. The van der Waals surface area contributed by atoms with Crippen molar-refractivity contribution in [1.82, 2.24) is 0 Å². The van der Waals surface area contributed by atoms with Gasteiger partial charge in [0.2, 0.25) is 5.91 Å². The number of carbonyl (C=O) groups is 1. The Bertz CT molecular complexity index is 1500. The van der Waals surface area contributed by atoms with E-state index in [9.17, 15) is 18.0 Å². The molecule has 3 aromatic rings. The summed E-state index contributed by atoms with van der Waals surface area (Å²) in [4.78, 5) is 22.3. The van der Waals surface area contributed by atoms with Crippen LogP contribution in [0.15, 0.2) is 80.9 Å². The normalized spacial score (nSPS) is 15.7. The monoisotopic (exact) mass is 586 g/mol. The molecule has 0 spiro atoms. The van der Waals surface area contributed by atoms with Crippen LogP contribution in [0.25, 0.3) is 0 Å². The number of amidine groups is 2. The Hall–Kier alpha value is -4.16. The first-order valence-corrected chi connectivity index (χ1v) is 13.0. The lowest BCUT2D eigenvalue weighted by Crippen LogP contribution is -2.30. The van der Waals surface area contributed by atoms with E-state index in [1.165, 1.54) is 30.2 Å². The Morgan fingerprint density at radius 2 is 1.73 bits per heavy atom. The van der Waals surface area contributed by atoms with Crippen molar-refractivity contribution >= 4 is 64.2 Å². The highest BCUT2D eigenvalue weighted by atomic mass is 35.5. The summed E-state index contributed by atoms with van der Waals surface area (Å²) in [5.41, 5.74) is 10.2. The van der Waals surface area contributed by atoms with E-state index in [-0.39, 0.29) is 23.2 Å². The van der Waals surface area contributed by atoms with Gasteiger partial charge in [-0.15, -0.1) is 18.3 Å². The molecule has 0 aromatic heterocycles. The van der Waals surface area contributed by atoms with Gasteiger partial charge < -0.3 is 10.5 Å². The predicted molar refractivity (Wildman–Crippen MR) is 154 cm³/mol. The number of anilines is 1. The van der Waals surface area contributed by atoms with Gasteiger partial charge in [-0.3, -0.25) is 9.69 Å². The fraction of sp³-hybridized carbons (Fsp3) is 0.148. The van der Waals surface area contributed by atoms with E-state index in [2.05, 4.69) is 24.9 Å². The molecule has 1 amide bonds. The number of halogens is 4. The number of rotatable bonds is 7. The zero-order valence-corrected chi connectivity index (χ0v) is 22.8. The van der Waals surface area contributed by atoms with Gasteiger partial charge in [0.15, 0.2) is 5.17 Å². The first kappa shape index (κ1) is 28.8. The van der Waals surface area contributed by atoms with Crippen LogP contribution < -0.4 is 15.4 Å². The molecular formula is C27H22ClF3N6O2S. The van der Waals surface area contributed by atoms with Crippen LogP contribution in [0.3, 0.4) is 0 Å². The molecule has 13 heteroatoms. The highest BCUT2D eigenvalue weighted by Gasteiger charge is 2.32. The maximum atomic E-state index is 12.6. The number of aliphatic imine (C=N–C) groups is 2. The molecule has 0 saturated carbocycles. The number of hydrogen-bond donors (Lipinski definition) is 1. The van der Waals surface area contributed by atoms with Crippen molar-refractivity contribution in [3.05, 3.63) is 87.9 Å². The zero-order valence-electron chi connectivity index (χ0n) is 21.2. The number of carbonyl (C=O) groups excluding carboxylic acids is 1. The van der Waals surface area contributed by atoms with Gasteiger partial charge in [0.1, 0.15) is 17.9 Å². The van der Waals surface area contributed by atoms with Crippen molar-refractivity contribution < 1.29 is 22.7 Å². The summed E-state index contributed by atoms with van der Waals surface area (Å²) in [5, 5.41) is 9.51. The molecule has 2 N–H and O–H groups in total. The minimum Gasteiger partial charge on any atom is -0.406 e. The van der Waals surface area contributed by atoms with Crippen molar-refractivity contribution in [1.29, 1.82) is 0 Å². The van der Waals surface area contributed by atoms with E-state index >= 15 is 0 Å². The van der Waals surface area contributed by atoms with Crippen molar-refractivity contribution in [3.8, 4) is 5.75 Å². The van der Waals surface area contributed by atoms with E-state index < -0.39 is 6.36 Å². The number of thioether (sulfide) groups is 1. The number of ether oxygens (including phenoxy) is 1. The second kappa shape index (κ2) is 12.3. The largest absolute Gasteiger partial charge is 0.573 e. The van der Waals surface area contributed by atoms with Gasteiger partial charge in [-0.05, 0) is 66.9 Å². The van der Waals surface area contributed by atoms with Crippen LogP contribution in [0.5, 0.6) is 5.75 Å². The average Bonchev–Trinajstić information content (AvgIpc) is 3.24. The number of benzene rings is 3. The zero-order chi connectivity index (χ0) is 28.9. The van der Waals surface area contributed by atoms with Crippen molar-refractivity contribution in [3.63, 3.8) is 0 Å². The Balaban J connectivity index is 1.40. The maximum absolute atomic E-state index is 12.6. The standard InChI is InChI=1S/C27H22ClF3N6O2S/c1-16-11-20(28)12-17(2)24(16)37-23(38)14-40-26(37)36-35-13-18-3-5-19(6-4-18)25(32)34-15-33-21-7-9-22(10-8-21)39-27(29,30)31/h3-13,15H,14H2,1-2H3,(H2,32,33,34)/b35-13+,36-26-. The topological polar surface area (TPSA) is 105 Å². The van der Waals surface area contributed by atoms with Gasteiger partial charge in [0.25, 0.3) is 0 Å². The third kappa shape index (κ3) is 7.48. The van der Waals surface area contributed by atoms with Gasteiger partial charge in [0, 0.05) is 10.6 Å². The van der Waals surface area contributed by atoms with E-state index in [4.69, 9.17) is 17.3 Å². The second-order valence-electron chi connectivity index (χ2n) is 8.46. The molecule has 0 aliphatic carbocycles. The maximum Gasteiger partial charge on any atom is 0.573 e. The van der Waals surface area contributed by atoms with E-state index in [0.717, 1.165) is 34.5 Å². The van der Waals surface area contributed by atoms with Gasteiger partial charge in [0.05, 0.1) is 23.3 Å². The molecule has 0 unspecified atom stereocenters. The van der Waals surface area contributed by atoms with E-state index in [1.807, 2.05) is 13.8 Å².